The molecule has 0 saturated carbocycles. The Balaban J connectivity index is 1.77. The van der Waals surface area contributed by atoms with E-state index in [9.17, 15) is 12.9 Å². The monoisotopic (exact) mass is 362 g/mol. The Hall–Kier alpha value is -2.32. The molecule has 0 unspecified atom stereocenters. The topological polar surface area (TPSA) is 68.4 Å². The van der Waals surface area contributed by atoms with Crippen LogP contribution in [-0.2, 0) is 16.4 Å². The van der Waals surface area contributed by atoms with Crippen LogP contribution in [0.4, 0.5) is 4.48 Å². The molecule has 0 atom stereocenters. The number of sulfone groups is 1. The number of fused-ring (bicyclic) bond motifs is 1. The Morgan fingerprint density at radius 3 is 2.52 bits per heavy atom. The Labute approximate surface area is 145 Å². The maximum absolute atomic E-state index is 14.5. The Morgan fingerprint density at radius 1 is 1.08 bits per heavy atom. The number of aromatic amines is 1. The summed E-state index contributed by atoms with van der Waals surface area (Å²) in [6.07, 6.45) is 3.09. The van der Waals surface area contributed by atoms with E-state index < -0.39 is 9.84 Å². The highest BCUT2D eigenvalue weighted by Crippen LogP contribution is 2.33. The summed E-state index contributed by atoms with van der Waals surface area (Å²) >= 11 is 0. The van der Waals surface area contributed by atoms with E-state index in [2.05, 4.69) is 10.3 Å². The number of rotatable bonds is 3. The lowest BCUT2D eigenvalue weighted by atomic mass is 10.1. The molecule has 0 bridgehead atoms. The number of aromatic nitrogens is 1. The maximum Gasteiger partial charge on any atom is 0.208 e. The van der Waals surface area contributed by atoms with Crippen molar-refractivity contribution in [3.05, 3.63) is 53.6 Å². The fraction of sp³-hybridized carbons (Fsp3) is 0.294. The molecule has 2 aliphatic heterocycles. The number of piperazine rings is 1. The van der Waals surface area contributed by atoms with Gasteiger partial charge in [-0.15, -0.1) is 0 Å². The molecule has 8 heteroatoms. The van der Waals surface area contributed by atoms with Crippen molar-refractivity contribution in [2.24, 2.45) is 0 Å². The second kappa shape index (κ2) is 6.20. The summed E-state index contributed by atoms with van der Waals surface area (Å²) in [5, 5.41) is 3.90. The van der Waals surface area contributed by atoms with Crippen LogP contribution >= 0.6 is 0 Å². The first-order chi connectivity index (χ1) is 12.1. The largest absolute Gasteiger partial charge is 0.362 e. The summed E-state index contributed by atoms with van der Waals surface area (Å²) in [5.74, 6) is 0.415. The minimum atomic E-state index is -3.66. The Morgan fingerprint density at radius 2 is 1.80 bits per heavy atom. The third-order valence-electron chi connectivity index (χ3n) is 4.57. The van der Waals surface area contributed by atoms with Crippen LogP contribution in [0, 0.1) is 0 Å². The Kier molecular flexibility index (Phi) is 4.01. The van der Waals surface area contributed by atoms with Crippen LogP contribution in [0.25, 0.3) is 6.08 Å². The van der Waals surface area contributed by atoms with Crippen LogP contribution in [-0.4, -0.2) is 49.6 Å². The van der Waals surface area contributed by atoms with Crippen molar-refractivity contribution in [1.82, 2.24) is 20.3 Å². The number of nitrogens with zero attached hydrogens (tertiary/aromatic N) is 2. The van der Waals surface area contributed by atoms with Crippen LogP contribution in [0.5, 0.6) is 0 Å². The summed E-state index contributed by atoms with van der Waals surface area (Å²) in [6, 6.07) is 8.30. The van der Waals surface area contributed by atoms with Gasteiger partial charge in [0.25, 0.3) is 0 Å². The second-order valence-corrected chi connectivity index (χ2v) is 8.04. The average Bonchev–Trinajstić information content (AvgIpc) is 3.06. The highest BCUT2D eigenvalue weighted by atomic mass is 32.2. The second-order valence-electron chi connectivity index (χ2n) is 6.12. The van der Waals surface area contributed by atoms with E-state index in [4.69, 9.17) is 0 Å². The third-order valence-corrected chi connectivity index (χ3v) is 6.38. The molecular weight excluding hydrogens is 343 g/mol. The number of nitrogens with one attached hydrogen (secondary N) is 2. The third kappa shape index (κ3) is 2.81. The van der Waals surface area contributed by atoms with Crippen LogP contribution in [0.1, 0.15) is 11.3 Å². The van der Waals surface area contributed by atoms with E-state index in [0.717, 1.165) is 13.1 Å². The van der Waals surface area contributed by atoms with E-state index in [-0.39, 0.29) is 16.3 Å². The lowest BCUT2D eigenvalue weighted by Gasteiger charge is -2.35. The quantitative estimate of drug-likeness (QED) is 0.815. The molecule has 2 aliphatic rings. The normalized spacial score (nSPS) is 18.0. The number of hydrogen-bond donors (Lipinski definition) is 2. The molecular formula is C17H19FN4O2S. The number of hydrogen-bond acceptors (Lipinski definition) is 5. The van der Waals surface area contributed by atoms with Gasteiger partial charge in [0.05, 0.1) is 16.3 Å². The summed E-state index contributed by atoms with van der Waals surface area (Å²) in [6.45, 7) is 2.94. The molecule has 1 fully saturated rings. The highest BCUT2D eigenvalue weighted by molar-refractivity contribution is 7.91. The summed E-state index contributed by atoms with van der Waals surface area (Å²) in [5.41, 5.74) is 1.11. The van der Waals surface area contributed by atoms with Crippen molar-refractivity contribution in [2.45, 2.75) is 16.3 Å². The molecule has 0 spiro atoms. The molecule has 3 heterocycles. The SMILES string of the molecule is O=S(=O)(c1ccccc1)c1c[nH]c2c1C=C(N1CCNCC1)N(F)C2. The zero-order valence-corrected chi connectivity index (χ0v) is 14.4. The summed E-state index contributed by atoms with van der Waals surface area (Å²) in [4.78, 5) is 5.28. The molecule has 0 aliphatic carbocycles. The predicted molar refractivity (Wildman–Crippen MR) is 91.8 cm³/mol. The van der Waals surface area contributed by atoms with Crippen LogP contribution in [0.15, 0.2) is 52.1 Å². The molecule has 0 radical (unpaired) electrons. The minimum Gasteiger partial charge on any atom is -0.362 e. The standard InChI is InChI=1S/C17H19FN4O2S/c18-22-12-15-14(10-17(22)21-8-6-19-7-9-21)16(11-20-15)25(23,24)13-4-2-1-3-5-13/h1-5,10-11,19-20H,6-9,12H2. The molecule has 1 aromatic carbocycles. The Bertz CT molecular complexity index is 902. The van der Waals surface area contributed by atoms with Gasteiger partial charge in [-0.05, 0) is 18.2 Å². The van der Waals surface area contributed by atoms with Gasteiger partial charge in [0.1, 0.15) is 5.82 Å². The van der Waals surface area contributed by atoms with E-state index >= 15 is 0 Å². The van der Waals surface area contributed by atoms with Gasteiger partial charge in [0.2, 0.25) is 9.84 Å². The van der Waals surface area contributed by atoms with Crippen molar-refractivity contribution in [3.63, 3.8) is 0 Å². The minimum absolute atomic E-state index is 0.00933. The van der Waals surface area contributed by atoms with Crippen molar-refractivity contribution in [1.29, 1.82) is 0 Å². The zero-order valence-electron chi connectivity index (χ0n) is 13.6. The van der Waals surface area contributed by atoms with Crippen molar-refractivity contribution in [3.8, 4) is 0 Å². The van der Waals surface area contributed by atoms with E-state index in [1.807, 2.05) is 4.90 Å². The van der Waals surface area contributed by atoms with E-state index in [1.165, 1.54) is 6.20 Å². The molecule has 1 aromatic heterocycles. The first-order valence-corrected chi connectivity index (χ1v) is 9.67. The van der Waals surface area contributed by atoms with Crippen LogP contribution < -0.4 is 5.32 Å². The van der Waals surface area contributed by atoms with Gasteiger partial charge in [0.15, 0.2) is 0 Å². The van der Waals surface area contributed by atoms with Gasteiger partial charge in [-0.1, -0.05) is 22.7 Å². The maximum atomic E-state index is 14.5. The van der Waals surface area contributed by atoms with Crippen LogP contribution in [0.3, 0.4) is 0 Å². The average molecular weight is 362 g/mol. The fourth-order valence-corrected chi connectivity index (χ4v) is 4.71. The molecule has 2 aromatic rings. The van der Waals surface area contributed by atoms with E-state index in [0.29, 0.717) is 35.3 Å². The van der Waals surface area contributed by atoms with Gasteiger partial charge in [-0.3, -0.25) is 0 Å². The molecule has 2 N–H and O–H groups in total. The summed E-state index contributed by atoms with van der Waals surface area (Å²) in [7, 11) is -3.66. The molecule has 6 nitrogen and oxygen atoms in total. The number of benzene rings is 1. The van der Waals surface area contributed by atoms with Crippen molar-refractivity contribution < 1.29 is 12.9 Å². The van der Waals surface area contributed by atoms with Gasteiger partial charge < -0.3 is 15.2 Å². The number of H-pyrrole nitrogens is 1. The zero-order chi connectivity index (χ0) is 17.4. The highest BCUT2D eigenvalue weighted by Gasteiger charge is 2.30. The first kappa shape index (κ1) is 16.2. The molecule has 132 valence electrons. The fourth-order valence-electron chi connectivity index (χ4n) is 3.25. The lowest BCUT2D eigenvalue weighted by Crippen LogP contribution is -2.45. The van der Waals surface area contributed by atoms with Gasteiger partial charge >= 0.3 is 0 Å². The number of halogens is 1. The van der Waals surface area contributed by atoms with Gasteiger partial charge in [-0.25, -0.2) is 8.42 Å². The molecule has 0 amide bonds. The lowest BCUT2D eigenvalue weighted by molar-refractivity contribution is 0.0137. The first-order valence-electron chi connectivity index (χ1n) is 8.18. The van der Waals surface area contributed by atoms with Crippen molar-refractivity contribution >= 4 is 15.9 Å². The molecule has 1 saturated heterocycles. The predicted octanol–water partition coefficient (Wildman–Crippen LogP) is 1.75. The van der Waals surface area contributed by atoms with Crippen molar-refractivity contribution in [2.75, 3.05) is 26.2 Å². The van der Waals surface area contributed by atoms with Gasteiger partial charge in [-0.2, -0.15) is 5.12 Å². The molecule has 4 rings (SSSR count). The van der Waals surface area contributed by atoms with Crippen LogP contribution in [0.2, 0.25) is 0 Å². The van der Waals surface area contributed by atoms with Gasteiger partial charge in [0, 0.05) is 43.6 Å². The smallest absolute Gasteiger partial charge is 0.208 e. The van der Waals surface area contributed by atoms with E-state index in [1.54, 1.807) is 36.4 Å². The summed E-state index contributed by atoms with van der Waals surface area (Å²) < 4.78 is 40.4. The molecule has 25 heavy (non-hydrogen) atoms.